The van der Waals surface area contributed by atoms with Crippen molar-refractivity contribution in [2.24, 2.45) is 11.8 Å². The lowest BCUT2D eigenvalue weighted by molar-refractivity contribution is 0.0260. The molecule has 0 spiro atoms. The number of likely N-dealkylation sites (tertiary alicyclic amines) is 1. The van der Waals surface area contributed by atoms with Gasteiger partial charge in [0.15, 0.2) is 0 Å². The molecule has 0 radical (unpaired) electrons. The van der Waals surface area contributed by atoms with Crippen LogP contribution < -0.4 is 5.73 Å². The van der Waals surface area contributed by atoms with Gasteiger partial charge in [0.05, 0.1) is 0 Å². The van der Waals surface area contributed by atoms with Crippen molar-refractivity contribution in [3.05, 3.63) is 41.5 Å². The van der Waals surface area contributed by atoms with Crippen LogP contribution in [-0.2, 0) is 10.2 Å². The zero-order valence-corrected chi connectivity index (χ0v) is 18.4. The van der Waals surface area contributed by atoms with Crippen LogP contribution in [0.3, 0.4) is 0 Å². The summed E-state index contributed by atoms with van der Waals surface area (Å²) in [6.45, 7) is 13.6. The molecule has 2 heterocycles. The Bertz CT molecular complexity index is 631. The molecule has 2 N–H and O–H groups in total. The number of rotatable bonds is 6. The second-order valence-electron chi connectivity index (χ2n) is 9.84. The maximum absolute atomic E-state index is 5.90. The number of nitrogens with zero attached hydrogens (tertiary/aromatic N) is 1. The van der Waals surface area contributed by atoms with Crippen LogP contribution in [0.5, 0.6) is 0 Å². The highest BCUT2D eigenvalue weighted by Crippen LogP contribution is 2.35. The van der Waals surface area contributed by atoms with Crippen LogP contribution in [0.2, 0.25) is 0 Å². The third-order valence-corrected chi connectivity index (χ3v) is 6.91. The number of piperidine rings is 1. The molecular formula is C25H40N2O. The fourth-order valence-corrected chi connectivity index (χ4v) is 5.16. The maximum atomic E-state index is 5.90. The SMILES string of the molecule is CC(C)=CC(CC(C)(C)c1ccc(N)cc1)N1CCC(C2CCOCC2)CC1. The number of hydrogen-bond donors (Lipinski definition) is 1. The van der Waals surface area contributed by atoms with Crippen LogP contribution in [0, 0.1) is 11.8 Å². The number of nitrogens with two attached hydrogens (primary N) is 1. The van der Waals surface area contributed by atoms with E-state index in [2.05, 4.69) is 50.8 Å². The van der Waals surface area contributed by atoms with E-state index < -0.39 is 0 Å². The Hall–Kier alpha value is -1.32. The Labute approximate surface area is 172 Å². The van der Waals surface area contributed by atoms with E-state index in [4.69, 9.17) is 10.5 Å². The number of nitrogen functional groups attached to an aromatic ring is 1. The number of allylic oxidation sites excluding steroid dienone is 1. The largest absolute Gasteiger partial charge is 0.399 e. The van der Waals surface area contributed by atoms with E-state index in [1.54, 1.807) is 0 Å². The van der Waals surface area contributed by atoms with Gasteiger partial charge >= 0.3 is 0 Å². The van der Waals surface area contributed by atoms with Crippen molar-refractivity contribution >= 4 is 5.69 Å². The van der Waals surface area contributed by atoms with Crippen LogP contribution in [0.15, 0.2) is 35.9 Å². The van der Waals surface area contributed by atoms with E-state index in [9.17, 15) is 0 Å². The number of anilines is 1. The highest BCUT2D eigenvalue weighted by Gasteiger charge is 2.32. The van der Waals surface area contributed by atoms with Gasteiger partial charge in [0.1, 0.15) is 0 Å². The molecule has 3 heteroatoms. The van der Waals surface area contributed by atoms with Gasteiger partial charge in [-0.25, -0.2) is 0 Å². The number of hydrogen-bond acceptors (Lipinski definition) is 3. The molecule has 2 saturated heterocycles. The summed E-state index contributed by atoms with van der Waals surface area (Å²) in [6.07, 6.45) is 8.87. The molecule has 1 aromatic rings. The van der Waals surface area contributed by atoms with E-state index >= 15 is 0 Å². The van der Waals surface area contributed by atoms with E-state index in [-0.39, 0.29) is 5.41 Å². The molecule has 0 saturated carbocycles. The summed E-state index contributed by atoms with van der Waals surface area (Å²) in [4.78, 5) is 2.74. The monoisotopic (exact) mass is 384 g/mol. The summed E-state index contributed by atoms with van der Waals surface area (Å²) in [7, 11) is 0. The third kappa shape index (κ3) is 5.61. The highest BCUT2D eigenvalue weighted by molar-refractivity contribution is 5.41. The first-order valence-corrected chi connectivity index (χ1v) is 11.2. The summed E-state index contributed by atoms with van der Waals surface area (Å²) in [5.74, 6) is 1.79. The first kappa shape index (κ1) is 21.4. The average Bonchev–Trinajstić information content (AvgIpc) is 2.68. The standard InChI is InChI=1S/C25H40N2O/c1-19(2)17-24(18-25(3,4)22-5-7-23(26)8-6-22)27-13-9-20(10-14-27)21-11-15-28-16-12-21/h5-8,17,20-21,24H,9-16,18,26H2,1-4H3. The first-order chi connectivity index (χ1) is 13.3. The Balaban J connectivity index is 1.65. The van der Waals surface area contributed by atoms with Crippen molar-refractivity contribution in [2.75, 3.05) is 32.0 Å². The summed E-state index contributed by atoms with van der Waals surface area (Å²) in [6, 6.07) is 8.98. The normalized spacial score (nSPS) is 21.4. The van der Waals surface area contributed by atoms with Crippen molar-refractivity contribution in [3.63, 3.8) is 0 Å². The van der Waals surface area contributed by atoms with Crippen molar-refractivity contribution < 1.29 is 4.74 Å². The first-order valence-electron chi connectivity index (χ1n) is 11.2. The van der Waals surface area contributed by atoms with E-state index in [1.807, 2.05) is 12.1 Å². The van der Waals surface area contributed by atoms with Gasteiger partial charge in [-0.05, 0) is 94.0 Å². The molecule has 3 rings (SSSR count). The van der Waals surface area contributed by atoms with Gasteiger partial charge in [-0.15, -0.1) is 0 Å². The third-order valence-electron chi connectivity index (χ3n) is 6.91. The lowest BCUT2D eigenvalue weighted by atomic mass is 9.76. The van der Waals surface area contributed by atoms with Gasteiger partial charge < -0.3 is 10.5 Å². The van der Waals surface area contributed by atoms with Crippen LogP contribution >= 0.6 is 0 Å². The average molecular weight is 385 g/mol. The molecule has 1 atom stereocenters. The van der Waals surface area contributed by atoms with E-state index in [1.165, 1.54) is 49.9 Å². The van der Waals surface area contributed by atoms with E-state index in [0.717, 1.165) is 37.2 Å². The van der Waals surface area contributed by atoms with Gasteiger partial charge in [0.25, 0.3) is 0 Å². The molecule has 0 amide bonds. The molecule has 28 heavy (non-hydrogen) atoms. The highest BCUT2D eigenvalue weighted by atomic mass is 16.5. The molecule has 0 aromatic heterocycles. The lowest BCUT2D eigenvalue weighted by Crippen LogP contribution is -2.44. The Morgan fingerprint density at radius 1 is 1.07 bits per heavy atom. The fraction of sp³-hybridized carbons (Fsp3) is 0.680. The Morgan fingerprint density at radius 2 is 1.64 bits per heavy atom. The van der Waals surface area contributed by atoms with Crippen LogP contribution in [-0.4, -0.2) is 37.2 Å². The van der Waals surface area contributed by atoms with Gasteiger partial charge in [-0.2, -0.15) is 0 Å². The second kappa shape index (κ2) is 9.45. The molecule has 2 aliphatic heterocycles. The Morgan fingerprint density at radius 3 is 2.21 bits per heavy atom. The molecule has 0 bridgehead atoms. The van der Waals surface area contributed by atoms with Crippen LogP contribution in [0.25, 0.3) is 0 Å². The van der Waals surface area contributed by atoms with Crippen molar-refractivity contribution in [2.45, 2.75) is 71.3 Å². The van der Waals surface area contributed by atoms with Gasteiger partial charge in [0.2, 0.25) is 0 Å². The maximum Gasteiger partial charge on any atom is 0.0468 e. The molecule has 1 unspecified atom stereocenters. The van der Waals surface area contributed by atoms with Crippen molar-refractivity contribution in [3.8, 4) is 0 Å². The molecular weight excluding hydrogens is 344 g/mol. The summed E-state index contributed by atoms with van der Waals surface area (Å²) in [5, 5.41) is 0. The lowest BCUT2D eigenvalue weighted by Gasteiger charge is -2.42. The summed E-state index contributed by atoms with van der Waals surface area (Å²) < 4.78 is 5.57. The molecule has 0 aliphatic carbocycles. The van der Waals surface area contributed by atoms with E-state index in [0.29, 0.717) is 6.04 Å². The molecule has 2 aliphatic rings. The minimum atomic E-state index is 0.127. The predicted octanol–water partition coefficient (Wildman–Crippen LogP) is 5.41. The predicted molar refractivity (Wildman–Crippen MR) is 120 cm³/mol. The minimum absolute atomic E-state index is 0.127. The van der Waals surface area contributed by atoms with Gasteiger partial charge in [-0.3, -0.25) is 4.90 Å². The summed E-state index contributed by atoms with van der Waals surface area (Å²) >= 11 is 0. The van der Waals surface area contributed by atoms with Gasteiger partial charge in [-0.1, -0.05) is 37.6 Å². The van der Waals surface area contributed by atoms with Crippen molar-refractivity contribution in [1.29, 1.82) is 0 Å². The second-order valence-corrected chi connectivity index (χ2v) is 9.84. The van der Waals surface area contributed by atoms with Crippen molar-refractivity contribution in [1.82, 2.24) is 4.90 Å². The fourth-order valence-electron chi connectivity index (χ4n) is 5.16. The molecule has 156 valence electrons. The zero-order valence-electron chi connectivity index (χ0n) is 18.4. The molecule has 3 nitrogen and oxygen atoms in total. The number of ether oxygens (including phenoxy) is 1. The van der Waals surface area contributed by atoms with Crippen LogP contribution in [0.1, 0.15) is 65.4 Å². The molecule has 2 fully saturated rings. The molecule has 1 aromatic carbocycles. The zero-order chi connectivity index (χ0) is 20.1. The summed E-state index contributed by atoms with van der Waals surface area (Å²) in [5.41, 5.74) is 9.67. The van der Waals surface area contributed by atoms with Gasteiger partial charge in [0, 0.05) is 24.9 Å². The Kier molecular flexibility index (Phi) is 7.22. The van der Waals surface area contributed by atoms with Crippen LogP contribution in [0.4, 0.5) is 5.69 Å². The minimum Gasteiger partial charge on any atom is -0.399 e. The quantitative estimate of drug-likeness (QED) is 0.526. The topological polar surface area (TPSA) is 38.5 Å². The smallest absolute Gasteiger partial charge is 0.0468 e. The number of benzene rings is 1.